The Labute approximate surface area is 184 Å². The molecule has 0 amide bonds. The number of rotatable bonds is 5. The van der Waals surface area contributed by atoms with Gasteiger partial charge in [0.1, 0.15) is 23.3 Å². The molecule has 0 aliphatic carbocycles. The fraction of sp³-hybridized carbons (Fsp3) is 0.208. The maximum absolute atomic E-state index is 12.7. The van der Waals surface area contributed by atoms with Crippen LogP contribution in [0.3, 0.4) is 0 Å². The molecule has 1 aromatic heterocycles. The molecular weight excluding hydrogens is 412 g/mol. The van der Waals surface area contributed by atoms with E-state index in [-0.39, 0.29) is 5.78 Å². The minimum absolute atomic E-state index is 0.0504. The molecule has 1 aliphatic rings. The summed E-state index contributed by atoms with van der Waals surface area (Å²) in [5.41, 5.74) is 5.86. The van der Waals surface area contributed by atoms with E-state index in [0.717, 1.165) is 11.3 Å². The second kappa shape index (κ2) is 8.58. The van der Waals surface area contributed by atoms with Crippen LogP contribution in [0.1, 0.15) is 38.7 Å². The van der Waals surface area contributed by atoms with Crippen LogP contribution in [0.25, 0.3) is 6.08 Å². The third-order valence-electron chi connectivity index (χ3n) is 5.09. The SMILES string of the molecule is Cc1cc(C)c(COc2ccc(/C=C3\SC(=N)[C@@H](c4nccs4)C3=O)cc2)c(C)c1. The molecule has 1 saturated heterocycles. The largest absolute Gasteiger partial charge is 0.489 e. The lowest BCUT2D eigenvalue weighted by atomic mass is 10.0. The molecule has 2 aromatic carbocycles. The first-order chi connectivity index (χ1) is 14.4. The van der Waals surface area contributed by atoms with Crippen LogP contribution in [0.5, 0.6) is 5.75 Å². The monoisotopic (exact) mass is 434 g/mol. The van der Waals surface area contributed by atoms with Crippen molar-refractivity contribution >= 4 is 40.0 Å². The molecule has 4 rings (SSSR count). The molecule has 30 heavy (non-hydrogen) atoms. The van der Waals surface area contributed by atoms with Gasteiger partial charge in [-0.1, -0.05) is 41.6 Å². The lowest BCUT2D eigenvalue weighted by molar-refractivity contribution is -0.114. The quantitative estimate of drug-likeness (QED) is 0.495. The summed E-state index contributed by atoms with van der Waals surface area (Å²) in [5, 5.41) is 11.0. The maximum Gasteiger partial charge on any atom is 0.186 e. The summed E-state index contributed by atoms with van der Waals surface area (Å²) < 4.78 is 5.99. The lowest BCUT2D eigenvalue weighted by Crippen LogP contribution is -2.11. The van der Waals surface area contributed by atoms with Gasteiger partial charge in [0.15, 0.2) is 5.78 Å². The predicted molar refractivity (Wildman–Crippen MR) is 125 cm³/mol. The molecule has 1 atom stereocenters. The number of nitrogens with zero attached hydrogens (tertiary/aromatic N) is 1. The Kier molecular flexibility index (Phi) is 5.88. The molecule has 4 nitrogen and oxygen atoms in total. The number of carbonyl (C=O) groups excluding carboxylic acids is 1. The van der Waals surface area contributed by atoms with Crippen LogP contribution in [0.4, 0.5) is 0 Å². The summed E-state index contributed by atoms with van der Waals surface area (Å²) in [6.45, 7) is 6.85. The first-order valence-corrected chi connectivity index (χ1v) is 11.3. The summed E-state index contributed by atoms with van der Waals surface area (Å²) in [4.78, 5) is 17.5. The molecule has 1 N–H and O–H groups in total. The Hall–Kier alpha value is -2.70. The molecule has 2 heterocycles. The van der Waals surface area contributed by atoms with Crippen LogP contribution in [0.15, 0.2) is 52.9 Å². The van der Waals surface area contributed by atoms with E-state index in [1.165, 1.54) is 45.4 Å². The van der Waals surface area contributed by atoms with Crippen molar-refractivity contribution in [1.29, 1.82) is 5.41 Å². The number of allylic oxidation sites excluding steroid dienone is 1. The van der Waals surface area contributed by atoms with E-state index in [2.05, 4.69) is 37.9 Å². The first kappa shape index (κ1) is 20.6. The van der Waals surface area contributed by atoms with Crippen LogP contribution in [0.2, 0.25) is 0 Å². The van der Waals surface area contributed by atoms with Gasteiger partial charge < -0.3 is 4.74 Å². The summed E-state index contributed by atoms with van der Waals surface area (Å²) in [6, 6.07) is 12.1. The molecule has 3 aromatic rings. The standard InChI is InChI=1S/C24H22N2O2S2/c1-14-10-15(2)19(16(3)11-14)13-28-18-6-4-17(5-7-18)12-20-22(27)21(23(25)30-20)24-26-8-9-29-24/h4-12,21,25H,13H2,1-3H3/b20-12-,25-23?/t21-/m0/s1. The highest BCUT2D eigenvalue weighted by molar-refractivity contribution is 8.19. The van der Waals surface area contributed by atoms with Crippen LogP contribution in [0, 0.1) is 26.2 Å². The Morgan fingerprint density at radius 3 is 2.47 bits per heavy atom. The van der Waals surface area contributed by atoms with Crippen LogP contribution in [-0.4, -0.2) is 15.8 Å². The van der Waals surface area contributed by atoms with Crippen molar-refractivity contribution < 1.29 is 9.53 Å². The van der Waals surface area contributed by atoms with Gasteiger partial charge >= 0.3 is 0 Å². The highest BCUT2D eigenvalue weighted by Gasteiger charge is 2.38. The second-order valence-electron chi connectivity index (χ2n) is 7.38. The minimum atomic E-state index is -0.551. The van der Waals surface area contributed by atoms with E-state index < -0.39 is 5.92 Å². The number of Topliss-reactive ketones (excluding diaryl/α,β-unsaturated/α-hetero) is 1. The highest BCUT2D eigenvalue weighted by Crippen LogP contribution is 2.41. The topological polar surface area (TPSA) is 63.0 Å². The van der Waals surface area contributed by atoms with Crippen molar-refractivity contribution in [3.05, 3.63) is 85.7 Å². The molecule has 0 bridgehead atoms. The molecular formula is C24H22N2O2S2. The van der Waals surface area contributed by atoms with Gasteiger partial charge in [-0.05, 0) is 61.2 Å². The van der Waals surface area contributed by atoms with E-state index in [4.69, 9.17) is 10.1 Å². The van der Waals surface area contributed by atoms with E-state index in [1.807, 2.05) is 35.7 Å². The van der Waals surface area contributed by atoms with Crippen molar-refractivity contribution in [3.63, 3.8) is 0 Å². The summed E-state index contributed by atoms with van der Waals surface area (Å²) in [5.74, 6) is 0.186. The van der Waals surface area contributed by atoms with Crippen molar-refractivity contribution in [2.75, 3.05) is 0 Å². The minimum Gasteiger partial charge on any atom is -0.489 e. The third-order valence-corrected chi connectivity index (χ3v) is 6.92. The number of hydrogen-bond donors (Lipinski definition) is 1. The number of ketones is 1. The smallest absolute Gasteiger partial charge is 0.186 e. The molecule has 0 spiro atoms. The highest BCUT2D eigenvalue weighted by atomic mass is 32.2. The number of carbonyl (C=O) groups is 1. The number of benzene rings is 2. The fourth-order valence-corrected chi connectivity index (χ4v) is 5.40. The zero-order valence-corrected chi connectivity index (χ0v) is 18.7. The van der Waals surface area contributed by atoms with Crippen LogP contribution >= 0.6 is 23.1 Å². The van der Waals surface area contributed by atoms with Gasteiger partial charge in [-0.15, -0.1) is 11.3 Å². The molecule has 1 aliphatic heterocycles. The van der Waals surface area contributed by atoms with Crippen molar-refractivity contribution in [2.45, 2.75) is 33.3 Å². The average Bonchev–Trinajstić information content (AvgIpc) is 3.30. The number of ether oxygens (including phenoxy) is 1. The molecule has 1 fully saturated rings. The van der Waals surface area contributed by atoms with Gasteiger partial charge in [-0.2, -0.15) is 0 Å². The second-order valence-corrected chi connectivity index (χ2v) is 9.39. The number of aryl methyl sites for hydroxylation is 3. The number of aromatic nitrogens is 1. The van der Waals surface area contributed by atoms with Crippen molar-refractivity contribution in [2.24, 2.45) is 0 Å². The van der Waals surface area contributed by atoms with Gasteiger partial charge in [0, 0.05) is 11.6 Å². The number of thioether (sulfide) groups is 1. The van der Waals surface area contributed by atoms with Crippen LogP contribution in [-0.2, 0) is 11.4 Å². The Morgan fingerprint density at radius 2 is 1.83 bits per heavy atom. The Bertz CT molecular complexity index is 1110. The van der Waals surface area contributed by atoms with Crippen LogP contribution < -0.4 is 4.74 Å². The molecule has 0 unspecified atom stereocenters. The lowest BCUT2D eigenvalue weighted by Gasteiger charge is -2.13. The molecule has 6 heteroatoms. The van der Waals surface area contributed by atoms with Gasteiger partial charge in [0.05, 0.1) is 9.95 Å². The molecule has 152 valence electrons. The zero-order valence-electron chi connectivity index (χ0n) is 17.1. The normalized spacial score (nSPS) is 17.7. The van der Waals surface area contributed by atoms with Gasteiger partial charge in [-0.3, -0.25) is 10.2 Å². The number of nitrogens with one attached hydrogen (secondary N) is 1. The number of hydrogen-bond acceptors (Lipinski definition) is 6. The average molecular weight is 435 g/mol. The summed E-state index contributed by atoms with van der Waals surface area (Å²) in [7, 11) is 0. The van der Waals surface area contributed by atoms with Crippen molar-refractivity contribution in [3.8, 4) is 5.75 Å². The van der Waals surface area contributed by atoms with E-state index in [9.17, 15) is 4.79 Å². The third kappa shape index (κ3) is 4.25. The number of thiazole rings is 1. The van der Waals surface area contributed by atoms with E-state index >= 15 is 0 Å². The first-order valence-electron chi connectivity index (χ1n) is 9.63. The predicted octanol–water partition coefficient (Wildman–Crippen LogP) is 6.07. The fourth-order valence-electron chi connectivity index (χ4n) is 3.60. The Balaban J connectivity index is 1.45. The van der Waals surface area contributed by atoms with Crippen molar-refractivity contribution in [1.82, 2.24) is 4.98 Å². The van der Waals surface area contributed by atoms with Gasteiger partial charge in [0.2, 0.25) is 0 Å². The summed E-state index contributed by atoms with van der Waals surface area (Å²) in [6.07, 6.45) is 3.51. The van der Waals surface area contributed by atoms with Gasteiger partial charge in [-0.25, -0.2) is 4.98 Å². The summed E-state index contributed by atoms with van der Waals surface area (Å²) >= 11 is 2.64. The van der Waals surface area contributed by atoms with E-state index in [1.54, 1.807) is 6.20 Å². The molecule has 0 saturated carbocycles. The van der Waals surface area contributed by atoms with Gasteiger partial charge in [0.25, 0.3) is 0 Å². The zero-order chi connectivity index (χ0) is 21.3. The Morgan fingerprint density at radius 1 is 1.13 bits per heavy atom. The maximum atomic E-state index is 12.7. The molecule has 0 radical (unpaired) electrons. The van der Waals surface area contributed by atoms with E-state index in [0.29, 0.717) is 21.6 Å².